The summed E-state index contributed by atoms with van der Waals surface area (Å²) in [4.78, 5) is 30.9. The third-order valence-corrected chi connectivity index (χ3v) is 28.0. The number of fused-ring (bicyclic) bond motifs is 13. The predicted octanol–water partition coefficient (Wildman–Crippen LogP) is 24.9. The molecule has 22 heteroatoms. The van der Waals surface area contributed by atoms with Gasteiger partial charge in [0, 0.05) is 141 Å². The Bertz CT molecular complexity index is 6450. The molecule has 4 aliphatic rings. The standard InChI is InChI=1S/2C57H64N4O7/c1-3-56(37-66-38-56)35-64-29-15-7-13-27-62-33-41-21-24-48-46(31-41)45-23-26-50-51(47-32-42(22-25-49(47)68-50)34-63-28-14-8-16-30-65-36-57(4-2)39-67-40-57)52(45)61(48)55-59-53(43-17-9-5-10-18-43)58-54(60-55)44-19-11-6-12-20-44;1-3-56(37-66-38-56)35-64-27-15-7-13-25-62-33-41-21-23-49-45(29-41)46-31-48-47-30-42(34-63-26-14-8-16-28-65-36-57(4-2)39-67-40-57)22-24-51(47)68-52(48)32-50(46)61(49)55-59-53(43-17-9-5-10-18-43)58-54(60-55)44-19-11-6-12-20-44/h5-6,9-12,17-26,31-32H,3-4,7-8,13-16,27-30,33-40H2,1-2H3;5-6,9-12,17-24,29-32H,3-4,7-8,13-16,25-28,33-40H2,1-2H3. The van der Waals surface area contributed by atoms with Crippen molar-refractivity contribution in [1.82, 2.24) is 39.0 Å². The van der Waals surface area contributed by atoms with E-state index < -0.39 is 0 Å². The SMILES string of the molecule is CCC1(COCCCCCOCc2ccc3oc4cc5c(cc4c3c2)c2cc(COCCCCCOCC3(CC)COC3)ccc2n5-c2nc(-c3ccccc3)nc(-c3ccccc3)n2)COC1.CCC1(COCCCCCOCc2ccc3oc4ccc5c6cc(COCCCCCOCC7(CC)COC7)ccc6n(-c6nc(-c7ccccc7)nc(-c7ccccc7)n6)c5c4c3c2)COC1. The van der Waals surface area contributed by atoms with E-state index in [4.69, 9.17) is 95.6 Å². The molecule has 0 N–H and O–H groups in total. The van der Waals surface area contributed by atoms with Crippen molar-refractivity contribution in [1.29, 1.82) is 0 Å². The highest BCUT2D eigenvalue weighted by Crippen LogP contribution is 2.45. The molecule has 10 heterocycles. The molecular formula is C114H128N8O14. The van der Waals surface area contributed by atoms with Gasteiger partial charge in [0.25, 0.3) is 0 Å². The summed E-state index contributed by atoms with van der Waals surface area (Å²) in [6, 6.07) is 75.1. The smallest absolute Gasteiger partial charge is 0.238 e. The summed E-state index contributed by atoms with van der Waals surface area (Å²) in [7, 11) is 0. The molecule has 708 valence electrons. The number of unbranched alkanes of at least 4 members (excludes halogenated alkanes) is 8. The first kappa shape index (κ1) is 93.9. The van der Waals surface area contributed by atoms with Crippen LogP contribution in [-0.2, 0) is 83.3 Å². The lowest BCUT2D eigenvalue weighted by molar-refractivity contribution is -0.150. The first-order chi connectivity index (χ1) is 67.1. The minimum Gasteiger partial charge on any atom is -0.456 e. The second-order valence-electron chi connectivity index (χ2n) is 38.0. The average Bonchev–Trinajstić information content (AvgIpc) is 1.56. The summed E-state index contributed by atoms with van der Waals surface area (Å²) >= 11 is 0. The molecule has 4 saturated heterocycles. The van der Waals surface area contributed by atoms with E-state index in [0.29, 0.717) is 88.0 Å². The Morgan fingerprint density at radius 3 is 0.926 bits per heavy atom. The molecule has 0 bridgehead atoms. The Morgan fingerprint density at radius 1 is 0.257 bits per heavy atom. The van der Waals surface area contributed by atoms with E-state index in [1.54, 1.807) is 0 Å². The maximum Gasteiger partial charge on any atom is 0.238 e. The first-order valence-corrected chi connectivity index (χ1v) is 49.6. The van der Waals surface area contributed by atoms with Crippen LogP contribution in [0, 0.1) is 21.7 Å². The molecule has 16 aromatic rings. The molecule has 22 nitrogen and oxygen atoms in total. The van der Waals surface area contributed by atoms with Crippen LogP contribution in [0.2, 0.25) is 0 Å². The van der Waals surface area contributed by atoms with Crippen LogP contribution in [0.1, 0.15) is 153 Å². The summed E-state index contributed by atoms with van der Waals surface area (Å²) in [5.74, 6) is 3.48. The number of rotatable bonds is 50. The fourth-order valence-corrected chi connectivity index (χ4v) is 18.8. The topological polar surface area (TPSA) is 224 Å². The van der Waals surface area contributed by atoms with E-state index in [2.05, 4.69) is 134 Å². The Kier molecular flexibility index (Phi) is 30.8. The fourth-order valence-electron chi connectivity index (χ4n) is 18.8. The third-order valence-electron chi connectivity index (χ3n) is 28.0. The van der Waals surface area contributed by atoms with Gasteiger partial charge in [-0.05, 0) is 192 Å². The monoisotopic (exact) mass is 1830 g/mol. The maximum absolute atomic E-state index is 6.62. The number of hydrogen-bond acceptors (Lipinski definition) is 20. The molecule has 20 rings (SSSR count). The number of nitrogens with zero attached hydrogens (tertiary/aromatic N) is 8. The van der Waals surface area contributed by atoms with E-state index >= 15 is 0 Å². The highest BCUT2D eigenvalue weighted by molar-refractivity contribution is 6.25. The molecule has 10 aromatic carbocycles. The molecule has 0 unspecified atom stereocenters. The van der Waals surface area contributed by atoms with Crippen LogP contribution < -0.4 is 0 Å². The second-order valence-corrected chi connectivity index (χ2v) is 38.0. The van der Waals surface area contributed by atoms with E-state index in [0.717, 1.165) is 340 Å². The van der Waals surface area contributed by atoms with Gasteiger partial charge in [0.05, 0.1) is 133 Å². The lowest BCUT2D eigenvalue weighted by atomic mass is 9.84. The maximum atomic E-state index is 6.62. The van der Waals surface area contributed by atoms with E-state index in [1.165, 1.54) is 0 Å². The largest absolute Gasteiger partial charge is 0.456 e. The molecule has 0 saturated carbocycles. The van der Waals surface area contributed by atoms with Crippen molar-refractivity contribution >= 4 is 87.5 Å². The van der Waals surface area contributed by atoms with Crippen LogP contribution in [0.5, 0.6) is 0 Å². The van der Waals surface area contributed by atoms with Crippen LogP contribution in [0.25, 0.3) is 145 Å². The minimum absolute atomic E-state index is 0.232. The van der Waals surface area contributed by atoms with Gasteiger partial charge in [-0.25, -0.2) is 9.97 Å². The quantitative estimate of drug-likeness (QED) is 0.0323. The highest BCUT2D eigenvalue weighted by atomic mass is 16.5. The number of ether oxygens (including phenoxy) is 12. The molecule has 6 aromatic heterocycles. The van der Waals surface area contributed by atoms with Gasteiger partial charge in [-0.15, -0.1) is 0 Å². The zero-order valence-electron chi connectivity index (χ0n) is 79.4. The first-order valence-electron chi connectivity index (χ1n) is 49.6. The van der Waals surface area contributed by atoms with Crippen LogP contribution in [0.4, 0.5) is 0 Å². The molecular weight excluding hydrogens is 1710 g/mol. The lowest BCUT2D eigenvalue weighted by Gasteiger charge is -2.40. The number of aromatic nitrogens is 8. The summed E-state index contributed by atoms with van der Waals surface area (Å²) < 4.78 is 88.4. The van der Waals surface area contributed by atoms with Crippen molar-refractivity contribution in [2.75, 3.05) is 132 Å². The second kappa shape index (κ2) is 44.6. The van der Waals surface area contributed by atoms with E-state index in [1.807, 2.05) is 121 Å². The molecule has 0 atom stereocenters. The van der Waals surface area contributed by atoms with Gasteiger partial charge in [0.1, 0.15) is 22.3 Å². The lowest BCUT2D eigenvalue weighted by Crippen LogP contribution is -2.45. The summed E-state index contributed by atoms with van der Waals surface area (Å²) in [6.07, 6.45) is 16.8. The number of furan rings is 2. The third kappa shape index (κ3) is 21.7. The Morgan fingerprint density at radius 2 is 0.559 bits per heavy atom. The molecule has 136 heavy (non-hydrogen) atoms. The van der Waals surface area contributed by atoms with Crippen LogP contribution in [-0.4, -0.2) is 171 Å². The van der Waals surface area contributed by atoms with Gasteiger partial charge in [0.15, 0.2) is 23.3 Å². The summed E-state index contributed by atoms with van der Waals surface area (Å²) in [5, 5.41) is 8.47. The van der Waals surface area contributed by atoms with Crippen LogP contribution in [0.3, 0.4) is 0 Å². The predicted molar refractivity (Wildman–Crippen MR) is 536 cm³/mol. The van der Waals surface area contributed by atoms with Crippen molar-refractivity contribution in [3.8, 4) is 57.4 Å². The Labute approximate surface area is 796 Å². The van der Waals surface area contributed by atoms with Crippen LogP contribution >= 0.6 is 0 Å². The average molecular weight is 1830 g/mol. The van der Waals surface area contributed by atoms with Gasteiger partial charge in [0.2, 0.25) is 11.9 Å². The zero-order chi connectivity index (χ0) is 92.4. The van der Waals surface area contributed by atoms with Crippen molar-refractivity contribution in [2.45, 2.75) is 157 Å². The van der Waals surface area contributed by atoms with Crippen molar-refractivity contribution in [2.24, 2.45) is 21.7 Å². The minimum atomic E-state index is 0.232. The molecule has 0 amide bonds. The highest BCUT2D eigenvalue weighted by Gasteiger charge is 2.40. The number of benzene rings is 10. The molecule has 0 radical (unpaired) electrons. The normalized spacial score (nSPS) is 15.4. The van der Waals surface area contributed by atoms with E-state index in [9.17, 15) is 0 Å². The molecule has 0 spiro atoms. The molecule has 4 aliphatic heterocycles. The van der Waals surface area contributed by atoms with Gasteiger partial charge in [-0.3, -0.25) is 9.13 Å². The molecule has 4 fully saturated rings. The van der Waals surface area contributed by atoms with Gasteiger partial charge >= 0.3 is 0 Å². The fraction of sp³-hybridized carbons (Fsp3) is 0.421. The van der Waals surface area contributed by atoms with Crippen molar-refractivity contribution in [3.63, 3.8) is 0 Å². The zero-order valence-corrected chi connectivity index (χ0v) is 79.4. The Hall–Kier alpha value is -11.1. The van der Waals surface area contributed by atoms with Crippen LogP contribution in [0.15, 0.2) is 227 Å². The number of hydrogen-bond donors (Lipinski definition) is 0. The van der Waals surface area contributed by atoms with Crippen molar-refractivity contribution < 1.29 is 65.7 Å². The van der Waals surface area contributed by atoms with Gasteiger partial charge in [-0.2, -0.15) is 19.9 Å². The van der Waals surface area contributed by atoms with Crippen molar-refractivity contribution in [3.05, 3.63) is 241 Å². The summed E-state index contributed by atoms with van der Waals surface area (Å²) in [5.41, 5.74) is 16.2. The van der Waals surface area contributed by atoms with Gasteiger partial charge in [-0.1, -0.05) is 173 Å². The Balaban J connectivity index is 0.000000174. The van der Waals surface area contributed by atoms with Gasteiger partial charge < -0.3 is 65.7 Å². The molecule has 0 aliphatic carbocycles. The van der Waals surface area contributed by atoms with E-state index in [-0.39, 0.29) is 21.7 Å². The summed E-state index contributed by atoms with van der Waals surface area (Å²) in [6.45, 7) is 26.7.